The van der Waals surface area contributed by atoms with Crippen LogP contribution in [0.2, 0.25) is 0 Å². The Morgan fingerprint density at radius 2 is 1.92 bits per heavy atom. The lowest BCUT2D eigenvalue weighted by atomic mass is 10.1. The molecule has 0 aliphatic heterocycles. The van der Waals surface area contributed by atoms with Crippen LogP contribution >= 0.6 is 0 Å². The Morgan fingerprint density at radius 1 is 1.21 bits per heavy atom. The number of nitrogens with one attached hydrogen (secondary N) is 1. The highest BCUT2D eigenvalue weighted by Gasteiger charge is 2.10. The summed E-state index contributed by atoms with van der Waals surface area (Å²) in [5, 5.41) is 2.59. The molecule has 0 aliphatic carbocycles. The zero-order valence-corrected chi connectivity index (χ0v) is 13.2. The summed E-state index contributed by atoms with van der Waals surface area (Å²) in [5.74, 6) is -1.70. The van der Waals surface area contributed by atoms with Gasteiger partial charge in [0.05, 0.1) is 12.2 Å². The van der Waals surface area contributed by atoms with E-state index in [0.29, 0.717) is 18.7 Å². The lowest BCUT2D eigenvalue weighted by molar-refractivity contribution is 0.0952. The molecule has 0 saturated heterocycles. The predicted octanol–water partition coefficient (Wildman–Crippen LogP) is 1.75. The highest BCUT2D eigenvalue weighted by Crippen LogP contribution is 2.12. The van der Waals surface area contributed by atoms with Gasteiger partial charge in [-0.05, 0) is 24.6 Å². The van der Waals surface area contributed by atoms with Gasteiger partial charge < -0.3 is 14.6 Å². The molecule has 0 saturated carbocycles. The van der Waals surface area contributed by atoms with E-state index >= 15 is 0 Å². The maximum absolute atomic E-state index is 13.5. The van der Waals surface area contributed by atoms with E-state index < -0.39 is 17.5 Å². The highest BCUT2D eigenvalue weighted by atomic mass is 19.1. The summed E-state index contributed by atoms with van der Waals surface area (Å²) in [6, 6.07) is 6.33. The molecule has 1 amide bonds. The van der Waals surface area contributed by atoms with Crippen molar-refractivity contribution in [3.05, 3.63) is 69.6 Å². The molecule has 2 rings (SSSR count). The molecule has 0 aliphatic rings. The van der Waals surface area contributed by atoms with E-state index in [4.69, 9.17) is 4.74 Å². The van der Waals surface area contributed by atoms with Crippen molar-refractivity contribution in [1.29, 1.82) is 0 Å². The van der Waals surface area contributed by atoms with Crippen LogP contribution in [0.5, 0.6) is 0 Å². The van der Waals surface area contributed by atoms with Gasteiger partial charge in [-0.3, -0.25) is 9.59 Å². The third-order valence-corrected chi connectivity index (χ3v) is 3.50. The zero-order valence-electron chi connectivity index (χ0n) is 13.2. The summed E-state index contributed by atoms with van der Waals surface area (Å²) in [6.07, 6.45) is 1.47. The van der Waals surface area contributed by atoms with Crippen molar-refractivity contribution in [3.63, 3.8) is 0 Å². The average Bonchev–Trinajstić information content (AvgIpc) is 2.56. The smallest absolute Gasteiger partial charge is 0.252 e. The van der Waals surface area contributed by atoms with Gasteiger partial charge in [0, 0.05) is 38.0 Å². The van der Waals surface area contributed by atoms with Crippen molar-refractivity contribution in [2.75, 3.05) is 20.3 Å². The lowest BCUT2D eigenvalue weighted by Gasteiger charge is -2.09. The van der Waals surface area contributed by atoms with Crippen LogP contribution in [-0.2, 0) is 17.7 Å². The maximum atomic E-state index is 13.5. The highest BCUT2D eigenvalue weighted by molar-refractivity contribution is 5.93. The van der Waals surface area contributed by atoms with E-state index in [2.05, 4.69) is 5.32 Å². The summed E-state index contributed by atoms with van der Waals surface area (Å²) in [6.45, 7) is 0.752. The third-order valence-electron chi connectivity index (χ3n) is 3.50. The number of halogens is 2. The molecule has 0 spiro atoms. The van der Waals surface area contributed by atoms with Crippen LogP contribution in [0.4, 0.5) is 8.78 Å². The van der Waals surface area contributed by atoms with E-state index in [1.807, 2.05) is 0 Å². The first kappa shape index (κ1) is 17.8. The SMILES string of the molecule is COCCn1cc(C(=O)NCCc2c(F)cccc2F)ccc1=O. The van der Waals surface area contributed by atoms with E-state index in [-0.39, 0.29) is 24.1 Å². The molecule has 1 aromatic heterocycles. The molecule has 0 unspecified atom stereocenters. The van der Waals surface area contributed by atoms with Gasteiger partial charge in [-0.25, -0.2) is 8.78 Å². The number of hydrogen-bond donors (Lipinski definition) is 1. The van der Waals surface area contributed by atoms with Gasteiger partial charge in [0.1, 0.15) is 11.6 Å². The summed E-state index contributed by atoms with van der Waals surface area (Å²) >= 11 is 0. The summed E-state index contributed by atoms with van der Waals surface area (Å²) in [5.41, 5.74) is -0.0143. The van der Waals surface area contributed by atoms with Gasteiger partial charge in [-0.15, -0.1) is 0 Å². The Balaban J connectivity index is 1.99. The van der Waals surface area contributed by atoms with Crippen LogP contribution in [0.3, 0.4) is 0 Å². The first-order valence-corrected chi connectivity index (χ1v) is 7.43. The fourth-order valence-corrected chi connectivity index (χ4v) is 2.20. The first-order valence-electron chi connectivity index (χ1n) is 7.43. The van der Waals surface area contributed by atoms with Crippen LogP contribution in [0.1, 0.15) is 15.9 Å². The molecule has 1 heterocycles. The summed E-state index contributed by atoms with van der Waals surface area (Å²) in [7, 11) is 1.52. The molecule has 1 N–H and O–H groups in total. The van der Waals surface area contributed by atoms with Crippen molar-refractivity contribution in [2.24, 2.45) is 0 Å². The number of pyridine rings is 1. The molecule has 24 heavy (non-hydrogen) atoms. The second-order valence-corrected chi connectivity index (χ2v) is 5.15. The fourth-order valence-electron chi connectivity index (χ4n) is 2.20. The number of rotatable bonds is 7. The number of benzene rings is 1. The summed E-state index contributed by atoms with van der Waals surface area (Å²) < 4.78 is 33.3. The predicted molar refractivity (Wildman–Crippen MR) is 85.0 cm³/mol. The molecule has 1 aromatic carbocycles. The summed E-state index contributed by atoms with van der Waals surface area (Å²) in [4.78, 5) is 23.8. The number of carbonyl (C=O) groups excluding carboxylic acids is 1. The Bertz CT molecular complexity index is 754. The fraction of sp³-hybridized carbons (Fsp3) is 0.294. The average molecular weight is 336 g/mol. The Hall–Kier alpha value is -2.54. The Labute approximate surface area is 137 Å². The van der Waals surface area contributed by atoms with Crippen LogP contribution in [0, 0.1) is 11.6 Å². The van der Waals surface area contributed by atoms with Gasteiger partial charge in [-0.1, -0.05) is 6.07 Å². The zero-order chi connectivity index (χ0) is 17.5. The molecule has 0 bridgehead atoms. The molecule has 0 atom stereocenters. The minimum atomic E-state index is -0.641. The Kier molecular flexibility index (Phi) is 6.20. The monoisotopic (exact) mass is 336 g/mol. The molecule has 7 heteroatoms. The van der Waals surface area contributed by atoms with Gasteiger partial charge in [0.15, 0.2) is 0 Å². The molecule has 2 aromatic rings. The van der Waals surface area contributed by atoms with E-state index in [9.17, 15) is 18.4 Å². The molecule has 5 nitrogen and oxygen atoms in total. The van der Waals surface area contributed by atoms with Crippen LogP contribution in [-0.4, -0.2) is 30.7 Å². The number of hydrogen-bond acceptors (Lipinski definition) is 3. The van der Waals surface area contributed by atoms with Gasteiger partial charge in [0.2, 0.25) is 0 Å². The van der Waals surface area contributed by atoms with Crippen molar-refractivity contribution in [3.8, 4) is 0 Å². The van der Waals surface area contributed by atoms with Crippen molar-refractivity contribution in [1.82, 2.24) is 9.88 Å². The van der Waals surface area contributed by atoms with Gasteiger partial charge in [0.25, 0.3) is 11.5 Å². The number of aromatic nitrogens is 1. The number of nitrogens with zero attached hydrogens (tertiary/aromatic N) is 1. The van der Waals surface area contributed by atoms with Crippen molar-refractivity contribution >= 4 is 5.91 Å². The van der Waals surface area contributed by atoms with Gasteiger partial charge in [-0.2, -0.15) is 0 Å². The molecule has 128 valence electrons. The lowest BCUT2D eigenvalue weighted by Crippen LogP contribution is -2.29. The third kappa shape index (κ3) is 4.48. The van der Waals surface area contributed by atoms with Crippen LogP contribution in [0.25, 0.3) is 0 Å². The molecule has 0 fully saturated rings. The second-order valence-electron chi connectivity index (χ2n) is 5.15. The van der Waals surface area contributed by atoms with Crippen molar-refractivity contribution < 1.29 is 18.3 Å². The minimum absolute atomic E-state index is 0.0353. The number of amides is 1. The number of methoxy groups -OCH3 is 1. The topological polar surface area (TPSA) is 60.3 Å². The quantitative estimate of drug-likeness (QED) is 0.838. The second kappa shape index (κ2) is 8.35. The Morgan fingerprint density at radius 3 is 2.58 bits per heavy atom. The first-order chi connectivity index (χ1) is 11.5. The normalized spacial score (nSPS) is 10.6. The van der Waals surface area contributed by atoms with E-state index in [1.54, 1.807) is 0 Å². The molecular weight excluding hydrogens is 318 g/mol. The van der Waals surface area contributed by atoms with E-state index in [0.717, 1.165) is 0 Å². The van der Waals surface area contributed by atoms with Gasteiger partial charge >= 0.3 is 0 Å². The largest absolute Gasteiger partial charge is 0.383 e. The number of carbonyl (C=O) groups is 1. The maximum Gasteiger partial charge on any atom is 0.252 e. The minimum Gasteiger partial charge on any atom is -0.383 e. The van der Waals surface area contributed by atoms with E-state index in [1.165, 1.54) is 48.2 Å². The standard InChI is InChI=1S/C17H18F2N2O3/c1-24-10-9-21-11-12(5-6-16(21)22)17(23)20-8-7-13-14(18)3-2-4-15(13)19/h2-6,11H,7-10H2,1H3,(H,20,23). The number of ether oxygens (including phenoxy) is 1. The van der Waals surface area contributed by atoms with Crippen LogP contribution in [0.15, 0.2) is 41.3 Å². The van der Waals surface area contributed by atoms with Crippen molar-refractivity contribution in [2.45, 2.75) is 13.0 Å². The molecule has 0 radical (unpaired) electrons. The van der Waals surface area contributed by atoms with Crippen LogP contribution < -0.4 is 10.9 Å². The molecular formula is C17H18F2N2O3.